The van der Waals surface area contributed by atoms with Crippen molar-refractivity contribution in [2.75, 3.05) is 37.7 Å². The molecule has 2 aromatic carbocycles. The molecule has 0 saturated carbocycles. The van der Waals surface area contributed by atoms with Gasteiger partial charge in [0.2, 0.25) is 0 Å². The minimum Gasteiger partial charge on any atom is -0.496 e. The Morgan fingerprint density at radius 3 is 2.24 bits per heavy atom. The highest BCUT2D eigenvalue weighted by Gasteiger charge is 2.35. The topological polar surface area (TPSA) is 82.8 Å². The van der Waals surface area contributed by atoms with E-state index in [0.29, 0.717) is 16.9 Å². The number of hydrogen-bond donors (Lipinski definition) is 2. The monoisotopic (exact) mass is 432 g/mol. The number of nitrogens with one attached hydrogen (secondary N) is 1. The Kier molecular flexibility index (Phi) is 7.57. The predicted octanol–water partition coefficient (Wildman–Crippen LogP) is 5.60. The van der Waals surface area contributed by atoms with Gasteiger partial charge in [0.05, 0.1) is 25.9 Å². The van der Waals surface area contributed by atoms with Crippen LogP contribution in [-0.4, -0.2) is 26.6 Å². The second kappa shape index (κ2) is 9.52. The van der Waals surface area contributed by atoms with Crippen LogP contribution in [-0.2, 0) is 19.8 Å². The van der Waals surface area contributed by atoms with Crippen LogP contribution in [0.15, 0.2) is 36.4 Å². The summed E-state index contributed by atoms with van der Waals surface area (Å²) in [4.78, 5) is 0. The second-order valence-corrected chi connectivity index (χ2v) is 8.02. The maximum Gasteiger partial charge on any atom is 0.418 e. The van der Waals surface area contributed by atoms with Crippen molar-refractivity contribution >= 4 is 19.0 Å². The molecule has 0 fully saturated rings. The van der Waals surface area contributed by atoms with E-state index in [2.05, 4.69) is 5.32 Å². The molecule has 0 aliphatic rings. The fourth-order valence-corrected chi connectivity index (χ4v) is 4.21. The molecule has 0 unspecified atom stereocenters. The molecule has 3 N–H and O–H groups in total. The maximum absolute atomic E-state index is 13.6. The van der Waals surface area contributed by atoms with Crippen molar-refractivity contribution in [2.24, 2.45) is 0 Å². The van der Waals surface area contributed by atoms with E-state index in [0.717, 1.165) is 6.07 Å². The van der Waals surface area contributed by atoms with Gasteiger partial charge in [0.25, 0.3) is 0 Å². The molecule has 0 radical (unpaired) electrons. The number of nitrogen functional groups attached to an aromatic ring is 1. The number of rotatable bonds is 9. The molecule has 160 valence electrons. The lowest BCUT2D eigenvalue weighted by Gasteiger charge is -2.22. The summed E-state index contributed by atoms with van der Waals surface area (Å²) in [6.07, 6.45) is -5.09. The van der Waals surface area contributed by atoms with E-state index < -0.39 is 25.6 Å². The van der Waals surface area contributed by atoms with Gasteiger partial charge in [-0.25, -0.2) is 0 Å². The van der Waals surface area contributed by atoms with Crippen LogP contribution in [0.1, 0.15) is 19.4 Å². The molecule has 0 aliphatic carbocycles. The van der Waals surface area contributed by atoms with Crippen LogP contribution in [0, 0.1) is 0 Å². The summed E-state index contributed by atoms with van der Waals surface area (Å²) in [6.45, 7) is 3.43. The molecule has 10 heteroatoms. The molecule has 0 aliphatic heterocycles. The summed E-state index contributed by atoms with van der Waals surface area (Å²) in [5.41, 5.74) is 5.48. The molecule has 0 bridgehead atoms. The van der Waals surface area contributed by atoms with E-state index >= 15 is 0 Å². The Bertz CT molecular complexity index is 880. The number of hydrogen-bond acceptors (Lipinski definition) is 6. The Labute approximate surface area is 167 Å². The third-order valence-corrected chi connectivity index (χ3v) is 5.86. The number of ether oxygens (including phenoxy) is 1. The van der Waals surface area contributed by atoms with Crippen LogP contribution in [0.4, 0.5) is 24.5 Å². The summed E-state index contributed by atoms with van der Waals surface area (Å²) >= 11 is 0. The van der Waals surface area contributed by atoms with Crippen molar-refractivity contribution in [3.63, 3.8) is 0 Å². The number of anilines is 2. The average molecular weight is 432 g/mol. The SMILES string of the molecule is CCOP(=O)(CNc1cc(-c2ccccc2OC)c(N)cc1C(F)(F)F)OCC. The largest absolute Gasteiger partial charge is 0.496 e. The van der Waals surface area contributed by atoms with Crippen LogP contribution in [0.2, 0.25) is 0 Å². The van der Waals surface area contributed by atoms with Crippen LogP contribution in [0.3, 0.4) is 0 Å². The Hall–Kier alpha value is -2.22. The molecular formula is C19H24F3N2O4P. The maximum atomic E-state index is 13.6. The van der Waals surface area contributed by atoms with Gasteiger partial charge in [-0.05, 0) is 32.0 Å². The van der Waals surface area contributed by atoms with E-state index in [-0.39, 0.29) is 24.6 Å². The van der Waals surface area contributed by atoms with Gasteiger partial charge in [-0.1, -0.05) is 18.2 Å². The fourth-order valence-electron chi connectivity index (χ4n) is 2.80. The molecule has 6 nitrogen and oxygen atoms in total. The second-order valence-electron chi connectivity index (χ2n) is 5.96. The number of para-hydroxylation sites is 1. The van der Waals surface area contributed by atoms with Gasteiger partial charge >= 0.3 is 13.8 Å². The minimum atomic E-state index is -4.67. The van der Waals surface area contributed by atoms with Gasteiger partial charge in [-0.3, -0.25) is 4.57 Å². The van der Waals surface area contributed by atoms with Crippen molar-refractivity contribution in [3.8, 4) is 16.9 Å². The molecule has 0 atom stereocenters. The van der Waals surface area contributed by atoms with Gasteiger partial charge in [0.15, 0.2) is 0 Å². The van der Waals surface area contributed by atoms with E-state index in [1.807, 2.05) is 0 Å². The van der Waals surface area contributed by atoms with Crippen LogP contribution >= 0.6 is 7.60 Å². The first-order chi connectivity index (χ1) is 13.6. The van der Waals surface area contributed by atoms with Crippen molar-refractivity contribution in [2.45, 2.75) is 20.0 Å². The van der Waals surface area contributed by atoms with Gasteiger partial charge < -0.3 is 24.8 Å². The van der Waals surface area contributed by atoms with E-state index in [1.54, 1.807) is 38.1 Å². The van der Waals surface area contributed by atoms with E-state index in [1.165, 1.54) is 13.2 Å². The first-order valence-corrected chi connectivity index (χ1v) is 10.6. The number of halogens is 3. The van der Waals surface area contributed by atoms with Crippen molar-refractivity contribution in [3.05, 3.63) is 42.0 Å². The van der Waals surface area contributed by atoms with Gasteiger partial charge in [-0.2, -0.15) is 13.2 Å². The highest BCUT2D eigenvalue weighted by Crippen LogP contribution is 2.49. The van der Waals surface area contributed by atoms with Crippen LogP contribution in [0.5, 0.6) is 5.75 Å². The number of methoxy groups -OCH3 is 1. The fraction of sp³-hybridized carbons (Fsp3) is 0.368. The predicted molar refractivity (Wildman–Crippen MR) is 107 cm³/mol. The Morgan fingerprint density at radius 2 is 1.69 bits per heavy atom. The molecule has 0 amide bonds. The first-order valence-electron chi connectivity index (χ1n) is 8.91. The zero-order valence-corrected chi connectivity index (χ0v) is 17.3. The van der Waals surface area contributed by atoms with E-state index in [9.17, 15) is 17.7 Å². The van der Waals surface area contributed by atoms with Gasteiger partial charge in [0, 0.05) is 22.5 Å². The molecule has 29 heavy (non-hydrogen) atoms. The number of nitrogens with two attached hydrogens (primary N) is 1. The van der Waals surface area contributed by atoms with Crippen molar-refractivity contribution in [1.29, 1.82) is 0 Å². The average Bonchev–Trinajstić information content (AvgIpc) is 2.66. The Morgan fingerprint density at radius 1 is 1.07 bits per heavy atom. The smallest absolute Gasteiger partial charge is 0.418 e. The van der Waals surface area contributed by atoms with E-state index in [4.69, 9.17) is 19.5 Å². The molecule has 2 rings (SSSR count). The number of benzene rings is 2. The summed E-state index contributed by atoms with van der Waals surface area (Å²) in [5, 5.41) is 2.58. The number of alkyl halides is 3. The molecule has 2 aromatic rings. The third-order valence-electron chi connectivity index (χ3n) is 4.01. The molecular weight excluding hydrogens is 408 g/mol. The lowest BCUT2D eigenvalue weighted by atomic mass is 9.99. The zero-order valence-electron chi connectivity index (χ0n) is 16.4. The van der Waals surface area contributed by atoms with Crippen molar-refractivity contribution in [1.82, 2.24) is 0 Å². The summed E-state index contributed by atoms with van der Waals surface area (Å²) in [7, 11) is -2.15. The lowest BCUT2D eigenvalue weighted by molar-refractivity contribution is -0.136. The zero-order chi connectivity index (χ0) is 21.7. The summed E-state index contributed by atoms with van der Waals surface area (Å²) in [6, 6.07) is 8.93. The molecule has 0 aromatic heterocycles. The Balaban J connectivity index is 2.52. The minimum absolute atomic E-state index is 0.0647. The third kappa shape index (κ3) is 5.65. The quantitative estimate of drug-likeness (QED) is 0.397. The normalized spacial score (nSPS) is 12.1. The standard InChI is InChI=1S/C19H24F3N2O4P/c1-4-27-29(25,28-5-2)12-24-17-10-14(13-8-6-7-9-18(13)26-3)16(23)11-15(17)19(20,21)22/h6-11,24H,4-5,12,23H2,1-3H3. The molecule has 0 saturated heterocycles. The molecule has 0 heterocycles. The molecule has 0 spiro atoms. The first kappa shape index (κ1) is 23.1. The van der Waals surface area contributed by atoms with Crippen molar-refractivity contribution < 1.29 is 31.5 Å². The lowest BCUT2D eigenvalue weighted by Crippen LogP contribution is -2.14. The van der Waals surface area contributed by atoms with Gasteiger partial charge in [0.1, 0.15) is 12.0 Å². The highest BCUT2D eigenvalue weighted by atomic mass is 31.2. The van der Waals surface area contributed by atoms with Crippen LogP contribution in [0.25, 0.3) is 11.1 Å². The van der Waals surface area contributed by atoms with Crippen LogP contribution < -0.4 is 15.8 Å². The highest BCUT2D eigenvalue weighted by molar-refractivity contribution is 7.53. The summed E-state index contributed by atoms with van der Waals surface area (Å²) < 4.78 is 68.9. The summed E-state index contributed by atoms with van der Waals surface area (Å²) in [5.74, 6) is 0.458. The van der Waals surface area contributed by atoms with Gasteiger partial charge in [-0.15, -0.1) is 0 Å².